The monoisotopic (exact) mass is 212 g/mol. The molecule has 15 heavy (non-hydrogen) atoms. The maximum absolute atomic E-state index is 10.7. The summed E-state index contributed by atoms with van der Waals surface area (Å²) >= 11 is 0. The van der Waals surface area contributed by atoms with Gasteiger partial charge in [0.2, 0.25) is 0 Å². The van der Waals surface area contributed by atoms with Crippen LogP contribution in [0.25, 0.3) is 0 Å². The highest BCUT2D eigenvalue weighted by atomic mass is 16.4. The first-order valence-corrected chi connectivity index (χ1v) is 5.13. The van der Waals surface area contributed by atoms with Crippen molar-refractivity contribution < 1.29 is 9.90 Å². The van der Waals surface area contributed by atoms with Crippen molar-refractivity contribution >= 4 is 5.97 Å². The first-order chi connectivity index (χ1) is 7.15. The zero-order chi connectivity index (χ0) is 11.3. The van der Waals surface area contributed by atoms with Gasteiger partial charge in [-0.2, -0.15) is 0 Å². The molecule has 0 aliphatic heterocycles. The van der Waals surface area contributed by atoms with E-state index in [1.165, 1.54) is 0 Å². The molecule has 0 radical (unpaired) electrons. The van der Waals surface area contributed by atoms with Crippen LogP contribution < -0.4 is 0 Å². The lowest BCUT2D eigenvalue weighted by molar-refractivity contribution is -0.141. The molecule has 84 valence electrons. The summed E-state index contributed by atoms with van der Waals surface area (Å²) in [5, 5.41) is 20.0. The molecular formula is C9H16N4O2. The van der Waals surface area contributed by atoms with Gasteiger partial charge in [0, 0.05) is 6.42 Å². The van der Waals surface area contributed by atoms with Crippen LogP contribution in [0.5, 0.6) is 0 Å². The summed E-state index contributed by atoms with van der Waals surface area (Å²) < 4.78 is 1.58. The SMILES string of the molecule is CCCCc1nnnn1CC(C)C(=O)O. The molecule has 1 atom stereocenters. The molecule has 1 heterocycles. The first kappa shape index (κ1) is 11.6. The largest absolute Gasteiger partial charge is 0.481 e. The van der Waals surface area contributed by atoms with Crippen molar-refractivity contribution in [3.05, 3.63) is 5.82 Å². The number of aromatic nitrogens is 4. The van der Waals surface area contributed by atoms with Gasteiger partial charge in [-0.05, 0) is 16.8 Å². The molecule has 1 aromatic rings. The van der Waals surface area contributed by atoms with Crippen LogP contribution in [-0.4, -0.2) is 31.3 Å². The van der Waals surface area contributed by atoms with E-state index in [4.69, 9.17) is 5.11 Å². The molecule has 0 spiro atoms. The highest BCUT2D eigenvalue weighted by molar-refractivity contribution is 5.69. The third-order valence-electron chi connectivity index (χ3n) is 2.23. The average molecular weight is 212 g/mol. The molecule has 0 fully saturated rings. The van der Waals surface area contributed by atoms with Crippen LogP contribution in [-0.2, 0) is 17.8 Å². The van der Waals surface area contributed by atoms with Gasteiger partial charge >= 0.3 is 5.97 Å². The lowest BCUT2D eigenvalue weighted by Crippen LogP contribution is -2.19. The molecular weight excluding hydrogens is 196 g/mol. The molecule has 0 aliphatic rings. The summed E-state index contributed by atoms with van der Waals surface area (Å²) in [6.07, 6.45) is 2.89. The number of hydrogen-bond acceptors (Lipinski definition) is 4. The Labute approximate surface area is 88.3 Å². The Morgan fingerprint density at radius 2 is 2.33 bits per heavy atom. The van der Waals surface area contributed by atoms with Gasteiger partial charge in [0.05, 0.1) is 12.5 Å². The predicted molar refractivity (Wildman–Crippen MR) is 53.2 cm³/mol. The van der Waals surface area contributed by atoms with Crippen LogP contribution >= 0.6 is 0 Å². The number of nitrogens with zero attached hydrogens (tertiary/aromatic N) is 4. The van der Waals surface area contributed by atoms with Gasteiger partial charge in [-0.1, -0.05) is 20.3 Å². The summed E-state index contributed by atoms with van der Waals surface area (Å²) in [6.45, 7) is 4.07. The van der Waals surface area contributed by atoms with Crippen molar-refractivity contribution in [1.82, 2.24) is 20.2 Å². The van der Waals surface area contributed by atoms with Gasteiger partial charge in [0.25, 0.3) is 0 Å². The summed E-state index contributed by atoms with van der Waals surface area (Å²) in [7, 11) is 0. The van der Waals surface area contributed by atoms with Crippen LogP contribution in [0.1, 0.15) is 32.5 Å². The number of tetrazole rings is 1. The van der Waals surface area contributed by atoms with Gasteiger partial charge in [-0.25, -0.2) is 4.68 Å². The Morgan fingerprint density at radius 1 is 1.60 bits per heavy atom. The molecule has 1 aromatic heterocycles. The van der Waals surface area contributed by atoms with Crippen molar-refractivity contribution in [2.75, 3.05) is 0 Å². The van der Waals surface area contributed by atoms with Gasteiger partial charge in [-0.3, -0.25) is 4.79 Å². The second-order valence-electron chi connectivity index (χ2n) is 3.62. The smallest absolute Gasteiger partial charge is 0.308 e. The van der Waals surface area contributed by atoms with Crippen molar-refractivity contribution in [1.29, 1.82) is 0 Å². The Kier molecular flexibility index (Phi) is 4.20. The standard InChI is InChI=1S/C9H16N4O2/c1-3-4-5-8-10-11-12-13(8)6-7(2)9(14)15/h7H,3-6H2,1-2H3,(H,14,15). The summed E-state index contributed by atoms with van der Waals surface area (Å²) in [6, 6.07) is 0. The molecule has 0 aliphatic carbocycles. The number of carbonyl (C=O) groups is 1. The maximum Gasteiger partial charge on any atom is 0.308 e. The van der Waals surface area contributed by atoms with E-state index in [1.54, 1.807) is 11.6 Å². The van der Waals surface area contributed by atoms with E-state index in [2.05, 4.69) is 22.4 Å². The number of unbranched alkanes of at least 4 members (excludes halogenated alkanes) is 1. The average Bonchev–Trinajstić information content (AvgIpc) is 2.62. The topological polar surface area (TPSA) is 80.9 Å². The number of aliphatic carboxylic acids is 1. The predicted octanol–water partition coefficient (Wildman–Crippen LogP) is 0.736. The summed E-state index contributed by atoms with van der Waals surface area (Å²) in [5.41, 5.74) is 0. The molecule has 0 aromatic carbocycles. The minimum absolute atomic E-state index is 0.335. The minimum atomic E-state index is -0.827. The lowest BCUT2D eigenvalue weighted by Gasteiger charge is -2.07. The fraction of sp³-hybridized carbons (Fsp3) is 0.778. The Morgan fingerprint density at radius 3 is 2.93 bits per heavy atom. The highest BCUT2D eigenvalue weighted by Crippen LogP contribution is 2.04. The van der Waals surface area contributed by atoms with E-state index in [9.17, 15) is 4.79 Å². The van der Waals surface area contributed by atoms with Crippen molar-refractivity contribution in [3.8, 4) is 0 Å². The molecule has 6 nitrogen and oxygen atoms in total. The van der Waals surface area contributed by atoms with Crippen LogP contribution in [0.2, 0.25) is 0 Å². The molecule has 0 bridgehead atoms. The first-order valence-electron chi connectivity index (χ1n) is 5.13. The number of carboxylic acid groups (broad SMARTS) is 1. The van der Waals surface area contributed by atoms with Crippen LogP contribution in [0.15, 0.2) is 0 Å². The van der Waals surface area contributed by atoms with Gasteiger partial charge in [0.15, 0.2) is 5.82 Å². The summed E-state index contributed by atoms with van der Waals surface area (Å²) in [5.74, 6) is -0.522. The van der Waals surface area contributed by atoms with E-state index in [0.29, 0.717) is 6.54 Å². The number of hydrogen-bond donors (Lipinski definition) is 1. The molecule has 1 N–H and O–H groups in total. The highest BCUT2D eigenvalue weighted by Gasteiger charge is 2.14. The molecule has 1 unspecified atom stereocenters. The fourth-order valence-corrected chi connectivity index (χ4v) is 1.22. The maximum atomic E-state index is 10.7. The molecule has 0 amide bonds. The van der Waals surface area contributed by atoms with E-state index < -0.39 is 11.9 Å². The van der Waals surface area contributed by atoms with E-state index in [0.717, 1.165) is 25.1 Å². The van der Waals surface area contributed by atoms with Crippen molar-refractivity contribution in [3.63, 3.8) is 0 Å². The van der Waals surface area contributed by atoms with Crippen molar-refractivity contribution in [2.24, 2.45) is 5.92 Å². The van der Waals surface area contributed by atoms with E-state index in [1.807, 2.05) is 0 Å². The Bertz CT molecular complexity index is 324. The second kappa shape index (κ2) is 5.43. The van der Waals surface area contributed by atoms with Crippen LogP contribution in [0.4, 0.5) is 0 Å². The molecule has 0 saturated carbocycles. The Balaban J connectivity index is 2.60. The third-order valence-corrected chi connectivity index (χ3v) is 2.23. The number of carboxylic acids is 1. The second-order valence-corrected chi connectivity index (χ2v) is 3.62. The minimum Gasteiger partial charge on any atom is -0.481 e. The fourth-order valence-electron chi connectivity index (χ4n) is 1.22. The quantitative estimate of drug-likeness (QED) is 0.752. The Hall–Kier alpha value is -1.46. The van der Waals surface area contributed by atoms with Gasteiger partial charge in [-0.15, -0.1) is 5.10 Å². The van der Waals surface area contributed by atoms with Crippen LogP contribution in [0.3, 0.4) is 0 Å². The zero-order valence-electron chi connectivity index (χ0n) is 9.05. The number of rotatable bonds is 6. The molecule has 0 saturated heterocycles. The zero-order valence-corrected chi connectivity index (χ0v) is 9.05. The normalized spacial score (nSPS) is 12.7. The van der Waals surface area contributed by atoms with Crippen LogP contribution in [0, 0.1) is 5.92 Å². The van der Waals surface area contributed by atoms with E-state index in [-0.39, 0.29) is 0 Å². The van der Waals surface area contributed by atoms with Gasteiger partial charge < -0.3 is 5.11 Å². The third kappa shape index (κ3) is 3.30. The number of aryl methyl sites for hydroxylation is 1. The molecule has 1 rings (SSSR count). The summed E-state index contributed by atoms with van der Waals surface area (Å²) in [4.78, 5) is 10.7. The lowest BCUT2D eigenvalue weighted by atomic mass is 10.2. The van der Waals surface area contributed by atoms with Crippen molar-refractivity contribution in [2.45, 2.75) is 39.7 Å². The van der Waals surface area contributed by atoms with Gasteiger partial charge in [0.1, 0.15) is 0 Å². The molecule has 6 heteroatoms. The van der Waals surface area contributed by atoms with E-state index >= 15 is 0 Å².